The predicted octanol–water partition coefficient (Wildman–Crippen LogP) is -3.10. The molecule has 6 heterocycles. The largest absolute Gasteiger partial charge is 0.472 e. The number of aromatic amines is 1. The van der Waals surface area contributed by atoms with Crippen molar-refractivity contribution in [2.75, 3.05) is 24.7 Å². The Morgan fingerprint density at radius 3 is 2.36 bits per heavy atom. The van der Waals surface area contributed by atoms with Gasteiger partial charge in [-0.2, -0.15) is 4.98 Å². The van der Waals surface area contributed by atoms with Crippen LogP contribution in [0.25, 0.3) is 22.3 Å². The Morgan fingerprint density at radius 2 is 1.64 bits per heavy atom. The number of phosphoric ester groups is 1. The molecule has 0 aliphatic carbocycles. The van der Waals surface area contributed by atoms with Gasteiger partial charge >= 0.3 is 16.1 Å². The molecule has 10 N–H and O–H groups in total. The van der Waals surface area contributed by atoms with Gasteiger partial charge in [0.2, 0.25) is 5.95 Å². The summed E-state index contributed by atoms with van der Waals surface area (Å²) >= 11 is 0. The van der Waals surface area contributed by atoms with Crippen molar-refractivity contribution >= 4 is 50.2 Å². The van der Waals surface area contributed by atoms with Crippen LogP contribution >= 0.6 is 16.1 Å². The summed E-state index contributed by atoms with van der Waals surface area (Å²) in [7, 11) is -8.80. The van der Waals surface area contributed by atoms with Crippen molar-refractivity contribution in [1.82, 2.24) is 39.0 Å². The molecule has 0 saturated carbocycles. The smallest absolute Gasteiger partial charge is 0.394 e. The summed E-state index contributed by atoms with van der Waals surface area (Å²) < 4.78 is 53.8. The first-order chi connectivity index (χ1) is 21.4. The molecule has 6 rings (SSSR count). The van der Waals surface area contributed by atoms with E-state index in [0.717, 1.165) is 17.2 Å². The Hall–Kier alpha value is -3.44. The number of rotatable bonds is 10. The number of nitrogens with zero attached hydrogens (tertiary/aromatic N) is 7. The maximum absolute atomic E-state index is 13.1. The Balaban J connectivity index is 1.22. The van der Waals surface area contributed by atoms with Crippen molar-refractivity contribution in [3.8, 4) is 0 Å². The van der Waals surface area contributed by atoms with E-state index in [1.165, 1.54) is 10.9 Å². The van der Waals surface area contributed by atoms with E-state index in [9.17, 15) is 39.0 Å². The topological polar surface area (TPSA) is 341 Å². The second-order valence-electron chi connectivity index (χ2n) is 9.83. The molecule has 4 aromatic heterocycles. The van der Waals surface area contributed by atoms with Crippen LogP contribution < -0.4 is 17.0 Å². The number of imidazole rings is 2. The Kier molecular flexibility index (Phi) is 8.45. The highest BCUT2D eigenvalue weighted by molar-refractivity contribution is 7.47. The number of nitrogens with two attached hydrogens (primary N) is 2. The fourth-order valence-electron chi connectivity index (χ4n) is 5.07. The molecule has 2 aliphatic heterocycles. The number of aliphatic hydroxyl groups is 3. The van der Waals surface area contributed by atoms with Crippen LogP contribution in [0.4, 0.5) is 11.8 Å². The molecule has 0 spiro atoms. The number of nitrogens with one attached hydrogen (secondary N) is 1. The van der Waals surface area contributed by atoms with Gasteiger partial charge in [-0.05, 0) is 0 Å². The first-order valence-corrected chi connectivity index (χ1v) is 15.6. The lowest BCUT2D eigenvalue weighted by molar-refractivity contribution is -0.0608. The van der Waals surface area contributed by atoms with Crippen LogP contribution in [-0.4, -0.2) is 114 Å². The third-order valence-electron chi connectivity index (χ3n) is 7.09. The molecule has 0 radical (unpaired) electrons. The molecule has 2 aliphatic rings. The lowest BCUT2D eigenvalue weighted by atomic mass is 10.1. The van der Waals surface area contributed by atoms with E-state index in [4.69, 9.17) is 34.5 Å². The van der Waals surface area contributed by atoms with Gasteiger partial charge in [0.1, 0.15) is 48.5 Å². The van der Waals surface area contributed by atoms with Crippen molar-refractivity contribution in [2.24, 2.45) is 0 Å². The highest BCUT2D eigenvalue weighted by Gasteiger charge is 2.51. The summed E-state index contributed by atoms with van der Waals surface area (Å²) in [6, 6.07) is 0. The molecule has 244 valence electrons. The van der Waals surface area contributed by atoms with Gasteiger partial charge in [-0.25, -0.2) is 24.5 Å². The average Bonchev–Trinajstić information content (AvgIpc) is 3.73. The second-order valence-corrected chi connectivity index (χ2v) is 12.0. The van der Waals surface area contributed by atoms with Crippen LogP contribution in [-0.2, 0) is 32.2 Å². The summed E-state index contributed by atoms with van der Waals surface area (Å²) in [4.78, 5) is 54.4. The number of fused-ring (bicyclic) bond motifs is 2. The highest BCUT2D eigenvalue weighted by atomic mass is 31.2. The van der Waals surface area contributed by atoms with E-state index >= 15 is 0 Å². The minimum atomic E-state index is -5.13. The van der Waals surface area contributed by atoms with E-state index in [1.54, 1.807) is 0 Å². The summed E-state index contributed by atoms with van der Waals surface area (Å²) in [5, 5.41) is 31.3. The number of H-pyrrole nitrogens is 1. The number of hydrogen-bond acceptors (Lipinski definition) is 18. The number of aromatic nitrogens is 8. The minimum absolute atomic E-state index is 0.0292. The SMILES string of the molecule is Nc1nc2c(ncn2[C@@H]2O[C@H](COP(=O)(O)O[C@@H]3[C@H](O)[C@@H](CO)O[C@H]3n3cnc4c(N)ncnc43)[C@@H](O)[C@H]2O[PH](=O)O)c(=O)[nH]1. The zero-order valence-corrected chi connectivity index (χ0v) is 24.4. The summed E-state index contributed by atoms with van der Waals surface area (Å²) in [5.74, 6) is -0.250. The molecule has 45 heavy (non-hydrogen) atoms. The predicted molar refractivity (Wildman–Crippen MR) is 146 cm³/mol. The maximum atomic E-state index is 13.1. The van der Waals surface area contributed by atoms with E-state index in [-0.39, 0.29) is 34.1 Å². The summed E-state index contributed by atoms with van der Waals surface area (Å²) in [6.07, 6.45) is -8.64. The number of hydrogen-bond donors (Lipinski definition) is 8. The molecule has 0 amide bonds. The van der Waals surface area contributed by atoms with Crippen molar-refractivity contribution in [2.45, 2.75) is 49.1 Å². The van der Waals surface area contributed by atoms with Gasteiger partial charge in [0.15, 0.2) is 35.1 Å². The van der Waals surface area contributed by atoms with E-state index in [1.807, 2.05) is 0 Å². The summed E-state index contributed by atoms with van der Waals surface area (Å²) in [6.45, 7) is -1.54. The number of phosphoric acid groups is 1. The highest BCUT2D eigenvalue weighted by Crippen LogP contribution is 2.50. The molecular weight excluding hydrogens is 650 g/mol. The van der Waals surface area contributed by atoms with Crippen LogP contribution in [0.5, 0.6) is 0 Å². The molecule has 2 saturated heterocycles. The monoisotopic (exact) mass is 676 g/mol. The van der Waals surface area contributed by atoms with Gasteiger partial charge in [-0.15, -0.1) is 0 Å². The van der Waals surface area contributed by atoms with E-state index in [2.05, 4.69) is 29.9 Å². The third-order valence-corrected chi connectivity index (χ3v) is 8.54. The molecule has 10 atom stereocenters. The minimum Gasteiger partial charge on any atom is -0.394 e. The number of anilines is 2. The van der Waals surface area contributed by atoms with Gasteiger partial charge in [0.05, 0.1) is 25.9 Å². The van der Waals surface area contributed by atoms with Crippen molar-refractivity contribution in [1.29, 1.82) is 0 Å². The first kappa shape index (κ1) is 31.5. The molecule has 25 heteroatoms. The van der Waals surface area contributed by atoms with E-state index in [0.29, 0.717) is 0 Å². The normalized spacial score (nSPS) is 30.7. The van der Waals surface area contributed by atoms with Crippen LogP contribution in [0, 0.1) is 0 Å². The number of nitrogen functional groups attached to an aromatic ring is 2. The maximum Gasteiger partial charge on any atom is 0.472 e. The van der Waals surface area contributed by atoms with Gasteiger partial charge in [0.25, 0.3) is 5.56 Å². The first-order valence-electron chi connectivity index (χ1n) is 12.9. The molecule has 2 fully saturated rings. The Morgan fingerprint density at radius 1 is 1.00 bits per heavy atom. The van der Waals surface area contributed by atoms with Crippen LogP contribution in [0.2, 0.25) is 0 Å². The quantitative estimate of drug-likeness (QED) is 0.0771. The zero-order valence-electron chi connectivity index (χ0n) is 22.5. The second kappa shape index (κ2) is 12.1. The molecule has 4 aromatic rings. The number of ether oxygens (including phenoxy) is 2. The molecule has 2 unspecified atom stereocenters. The van der Waals surface area contributed by atoms with Gasteiger partial charge in [0, 0.05) is 0 Å². The van der Waals surface area contributed by atoms with Crippen LogP contribution in [0.1, 0.15) is 12.5 Å². The van der Waals surface area contributed by atoms with Crippen molar-refractivity contribution in [3.63, 3.8) is 0 Å². The fourth-order valence-corrected chi connectivity index (χ4v) is 6.49. The molecule has 23 nitrogen and oxygen atoms in total. The zero-order chi connectivity index (χ0) is 32.2. The standard InChI is InChI=1S/C20H26N10O13P2/c21-14-8-15(24-3-23-14)29(4-25-8)19-13(10(32)6(1-31)40-19)43-45(37,38)39-2-7-11(33)12(42-44(35)36)18(41-7)30-5-26-9-16(30)27-20(22)28-17(9)34/h3-7,10-13,18-19,31-33,44H,1-2H2,(H,35,36)(H,37,38)(H2,21,23,24)(H3,22,27,28,34)/t6-,7-,10-,11-,12-,13-,18-,19-/m1/s1. The van der Waals surface area contributed by atoms with E-state index < -0.39 is 83.9 Å². The fraction of sp³-hybridized carbons (Fsp3) is 0.500. The van der Waals surface area contributed by atoms with Gasteiger partial charge in [-0.1, -0.05) is 0 Å². The Bertz CT molecular complexity index is 1850. The van der Waals surface area contributed by atoms with Crippen molar-refractivity contribution in [3.05, 3.63) is 29.3 Å². The average molecular weight is 676 g/mol. The molecule has 0 aromatic carbocycles. The van der Waals surface area contributed by atoms with Crippen LogP contribution in [0.3, 0.4) is 0 Å². The Labute approximate surface area is 249 Å². The lowest BCUT2D eigenvalue weighted by Crippen LogP contribution is -2.36. The number of aliphatic hydroxyl groups excluding tert-OH is 3. The van der Waals surface area contributed by atoms with Crippen molar-refractivity contribution < 1.29 is 57.3 Å². The van der Waals surface area contributed by atoms with Gasteiger partial charge < -0.3 is 46.0 Å². The van der Waals surface area contributed by atoms with Crippen LogP contribution in [0.15, 0.2) is 23.8 Å². The molecular formula is C20H26N10O13P2. The lowest BCUT2D eigenvalue weighted by Gasteiger charge is -2.25. The third kappa shape index (κ3) is 5.85. The van der Waals surface area contributed by atoms with Gasteiger partial charge in [-0.3, -0.25) is 37.0 Å². The molecule has 0 bridgehead atoms. The summed E-state index contributed by atoms with van der Waals surface area (Å²) in [5.41, 5.74) is 10.8.